The maximum Gasteiger partial charge on any atom is 0.149 e. The van der Waals surface area contributed by atoms with Crippen LogP contribution in [0.5, 0.6) is 0 Å². The molecule has 1 aromatic heterocycles. The van der Waals surface area contributed by atoms with Crippen LogP contribution in [-0.4, -0.2) is 16.2 Å². The second kappa shape index (κ2) is 3.76. The van der Waals surface area contributed by atoms with Crippen LogP contribution < -0.4 is 5.73 Å². The zero-order valence-electron chi connectivity index (χ0n) is 7.04. The smallest absolute Gasteiger partial charge is 0.149 e. The Morgan fingerprint density at radius 2 is 2.15 bits per heavy atom. The fraction of sp³-hybridized carbons (Fsp3) is 0.375. The van der Waals surface area contributed by atoms with Crippen molar-refractivity contribution in [3.63, 3.8) is 0 Å². The van der Waals surface area contributed by atoms with E-state index in [0.29, 0.717) is 6.07 Å². The number of rotatable bonds is 2. The summed E-state index contributed by atoms with van der Waals surface area (Å²) in [7, 11) is 0. The van der Waals surface area contributed by atoms with Crippen LogP contribution in [0.25, 0.3) is 0 Å². The van der Waals surface area contributed by atoms with Crippen molar-refractivity contribution in [3.8, 4) is 0 Å². The summed E-state index contributed by atoms with van der Waals surface area (Å²) in [4.78, 5) is 3.46. The number of aliphatic hydroxyl groups is 1. The van der Waals surface area contributed by atoms with Gasteiger partial charge in [-0.05, 0) is 6.92 Å². The zero-order chi connectivity index (χ0) is 10.0. The van der Waals surface area contributed by atoms with E-state index >= 15 is 0 Å². The van der Waals surface area contributed by atoms with Gasteiger partial charge in [0.05, 0.1) is 24.0 Å². The number of nitrogens with zero attached hydrogens (tertiary/aromatic N) is 1. The highest BCUT2D eigenvalue weighted by molar-refractivity contribution is 5.13. The van der Waals surface area contributed by atoms with E-state index in [0.717, 1.165) is 6.20 Å². The molecule has 3 nitrogen and oxygen atoms in total. The summed E-state index contributed by atoms with van der Waals surface area (Å²) >= 11 is 0. The Labute approximate surface area is 74.2 Å². The van der Waals surface area contributed by atoms with Gasteiger partial charge >= 0.3 is 0 Å². The zero-order valence-corrected chi connectivity index (χ0v) is 7.04. The average molecular weight is 188 g/mol. The molecular weight excluding hydrogens is 178 g/mol. The van der Waals surface area contributed by atoms with Gasteiger partial charge in [0.1, 0.15) is 11.6 Å². The third-order valence-corrected chi connectivity index (χ3v) is 1.67. The maximum atomic E-state index is 13.0. The largest absolute Gasteiger partial charge is 0.391 e. The van der Waals surface area contributed by atoms with Gasteiger partial charge in [-0.1, -0.05) is 0 Å². The van der Waals surface area contributed by atoms with E-state index in [1.807, 2.05) is 0 Å². The lowest BCUT2D eigenvalue weighted by Crippen LogP contribution is -2.25. The van der Waals surface area contributed by atoms with Crippen LogP contribution in [0, 0.1) is 11.6 Å². The summed E-state index contributed by atoms with van der Waals surface area (Å²) in [6.45, 7) is 1.41. The van der Waals surface area contributed by atoms with Gasteiger partial charge in [0.25, 0.3) is 0 Å². The summed E-state index contributed by atoms with van der Waals surface area (Å²) < 4.78 is 25.4. The Bertz CT molecular complexity index is 304. The Balaban J connectivity index is 3.01. The van der Waals surface area contributed by atoms with E-state index in [-0.39, 0.29) is 5.69 Å². The van der Waals surface area contributed by atoms with Crippen LogP contribution in [0.1, 0.15) is 18.7 Å². The van der Waals surface area contributed by atoms with E-state index < -0.39 is 23.8 Å². The molecule has 0 aromatic carbocycles. The Hall–Kier alpha value is -1.07. The standard InChI is InChI=1S/C8H10F2N2O/c1-4(13)7(11)8-6(10)2-5(9)3-12-8/h2-4,7,13H,11H2,1H3. The molecule has 0 radical (unpaired) electrons. The highest BCUT2D eigenvalue weighted by atomic mass is 19.1. The molecule has 0 aliphatic rings. The van der Waals surface area contributed by atoms with Crippen molar-refractivity contribution in [2.45, 2.75) is 19.1 Å². The van der Waals surface area contributed by atoms with E-state index in [9.17, 15) is 8.78 Å². The lowest BCUT2D eigenvalue weighted by atomic mass is 10.1. The van der Waals surface area contributed by atoms with Gasteiger partial charge in [0, 0.05) is 6.07 Å². The van der Waals surface area contributed by atoms with Crippen molar-refractivity contribution < 1.29 is 13.9 Å². The summed E-state index contributed by atoms with van der Waals surface area (Å²) in [5.41, 5.74) is 5.29. The second-order valence-electron chi connectivity index (χ2n) is 2.79. The molecule has 0 amide bonds. The molecule has 0 saturated heterocycles. The summed E-state index contributed by atoms with van der Waals surface area (Å²) in [5.74, 6) is -1.60. The van der Waals surface area contributed by atoms with E-state index in [1.165, 1.54) is 6.92 Å². The molecule has 2 atom stereocenters. The van der Waals surface area contributed by atoms with Crippen LogP contribution in [0.4, 0.5) is 8.78 Å². The molecule has 0 saturated carbocycles. The van der Waals surface area contributed by atoms with Crippen molar-refractivity contribution in [1.82, 2.24) is 4.98 Å². The van der Waals surface area contributed by atoms with Crippen molar-refractivity contribution in [2.24, 2.45) is 5.73 Å². The minimum atomic E-state index is -0.930. The molecule has 72 valence electrons. The van der Waals surface area contributed by atoms with Crippen LogP contribution in [0.2, 0.25) is 0 Å². The number of halogens is 2. The highest BCUT2D eigenvalue weighted by Gasteiger charge is 2.18. The van der Waals surface area contributed by atoms with Gasteiger partial charge in [0.15, 0.2) is 0 Å². The maximum absolute atomic E-state index is 13.0. The topological polar surface area (TPSA) is 59.1 Å². The minimum absolute atomic E-state index is 0.128. The summed E-state index contributed by atoms with van der Waals surface area (Å²) in [6.07, 6.45) is -0.0619. The number of pyridine rings is 1. The molecule has 1 aromatic rings. The first-order valence-electron chi connectivity index (χ1n) is 3.77. The van der Waals surface area contributed by atoms with Crippen molar-refractivity contribution in [2.75, 3.05) is 0 Å². The molecular formula is C8H10F2N2O. The van der Waals surface area contributed by atoms with E-state index in [1.54, 1.807) is 0 Å². The van der Waals surface area contributed by atoms with Crippen molar-refractivity contribution in [1.29, 1.82) is 0 Å². The first-order chi connectivity index (χ1) is 6.02. The van der Waals surface area contributed by atoms with Gasteiger partial charge in [-0.15, -0.1) is 0 Å². The number of aromatic nitrogens is 1. The Kier molecular flexibility index (Phi) is 2.90. The fourth-order valence-electron chi connectivity index (χ4n) is 0.899. The molecule has 2 unspecified atom stereocenters. The molecule has 3 N–H and O–H groups in total. The number of hydrogen-bond donors (Lipinski definition) is 2. The monoisotopic (exact) mass is 188 g/mol. The van der Waals surface area contributed by atoms with Crippen LogP contribution >= 0.6 is 0 Å². The summed E-state index contributed by atoms with van der Waals surface area (Å²) in [5, 5.41) is 9.04. The molecule has 1 rings (SSSR count). The van der Waals surface area contributed by atoms with Gasteiger partial charge in [-0.2, -0.15) is 0 Å². The quantitative estimate of drug-likeness (QED) is 0.719. The lowest BCUT2D eigenvalue weighted by molar-refractivity contribution is 0.160. The summed E-state index contributed by atoms with van der Waals surface area (Å²) in [6, 6.07) is -0.245. The van der Waals surface area contributed by atoms with E-state index in [4.69, 9.17) is 10.8 Å². The predicted octanol–water partition coefficient (Wildman–Crippen LogP) is 0.740. The molecule has 1 heterocycles. The first kappa shape index (κ1) is 10.0. The Morgan fingerprint density at radius 3 is 2.62 bits per heavy atom. The van der Waals surface area contributed by atoms with Crippen LogP contribution in [0.15, 0.2) is 12.3 Å². The normalized spacial score (nSPS) is 15.5. The highest BCUT2D eigenvalue weighted by Crippen LogP contribution is 2.15. The third-order valence-electron chi connectivity index (χ3n) is 1.67. The molecule has 0 bridgehead atoms. The number of hydrogen-bond acceptors (Lipinski definition) is 3. The van der Waals surface area contributed by atoms with Gasteiger partial charge in [-0.25, -0.2) is 8.78 Å². The van der Waals surface area contributed by atoms with E-state index in [2.05, 4.69) is 4.98 Å². The SMILES string of the molecule is CC(O)C(N)c1ncc(F)cc1F. The molecule has 0 spiro atoms. The van der Waals surface area contributed by atoms with Gasteiger partial charge in [-0.3, -0.25) is 4.98 Å². The van der Waals surface area contributed by atoms with Crippen molar-refractivity contribution in [3.05, 3.63) is 29.6 Å². The first-order valence-corrected chi connectivity index (χ1v) is 3.77. The van der Waals surface area contributed by atoms with Gasteiger partial charge < -0.3 is 10.8 Å². The molecule has 0 fully saturated rings. The van der Waals surface area contributed by atoms with Gasteiger partial charge in [0.2, 0.25) is 0 Å². The molecule has 0 aliphatic carbocycles. The number of nitrogens with two attached hydrogens (primary N) is 1. The lowest BCUT2D eigenvalue weighted by Gasteiger charge is -2.14. The predicted molar refractivity (Wildman–Crippen MR) is 42.8 cm³/mol. The molecule has 5 heteroatoms. The Morgan fingerprint density at radius 1 is 1.54 bits per heavy atom. The molecule has 13 heavy (non-hydrogen) atoms. The number of aliphatic hydroxyl groups excluding tert-OH is 1. The minimum Gasteiger partial charge on any atom is -0.391 e. The van der Waals surface area contributed by atoms with Crippen LogP contribution in [0.3, 0.4) is 0 Å². The third kappa shape index (κ3) is 2.19. The second-order valence-corrected chi connectivity index (χ2v) is 2.79. The molecule has 0 aliphatic heterocycles. The average Bonchev–Trinajstić information content (AvgIpc) is 2.03. The fourth-order valence-corrected chi connectivity index (χ4v) is 0.899. The van der Waals surface area contributed by atoms with Crippen LogP contribution in [-0.2, 0) is 0 Å². The van der Waals surface area contributed by atoms with Crippen molar-refractivity contribution >= 4 is 0 Å².